The standard InChI is InChI=1S/C20H26O3Si/c1-20(2,3)24(4,5)23-14-15-10-12-16(13-11-15)17-8-6-7-9-18(17)19(21)22/h6-13H,14H2,1-5H3,(H,21,22). The molecule has 0 radical (unpaired) electrons. The molecule has 0 heterocycles. The second-order valence-electron chi connectivity index (χ2n) is 7.60. The van der Waals surface area contributed by atoms with Crippen LogP contribution in [0.15, 0.2) is 48.5 Å². The number of carboxylic acid groups (broad SMARTS) is 1. The second kappa shape index (κ2) is 6.91. The summed E-state index contributed by atoms with van der Waals surface area (Å²) in [4.78, 5) is 11.4. The van der Waals surface area contributed by atoms with Crippen molar-refractivity contribution >= 4 is 14.3 Å². The van der Waals surface area contributed by atoms with Crippen molar-refractivity contribution in [2.75, 3.05) is 0 Å². The molecule has 24 heavy (non-hydrogen) atoms. The summed E-state index contributed by atoms with van der Waals surface area (Å²) in [5, 5.41) is 9.50. The van der Waals surface area contributed by atoms with Crippen molar-refractivity contribution < 1.29 is 14.3 Å². The number of hydrogen-bond donors (Lipinski definition) is 1. The van der Waals surface area contributed by atoms with Crippen LogP contribution in [0, 0.1) is 0 Å². The van der Waals surface area contributed by atoms with E-state index in [0.29, 0.717) is 12.2 Å². The maximum Gasteiger partial charge on any atom is 0.336 e. The zero-order valence-electron chi connectivity index (χ0n) is 15.1. The average molecular weight is 343 g/mol. The smallest absolute Gasteiger partial charge is 0.336 e. The molecule has 0 aromatic heterocycles. The molecule has 0 aliphatic carbocycles. The van der Waals surface area contributed by atoms with Gasteiger partial charge in [0, 0.05) is 0 Å². The Balaban J connectivity index is 2.16. The van der Waals surface area contributed by atoms with E-state index in [1.165, 1.54) is 0 Å². The molecule has 2 aromatic rings. The summed E-state index contributed by atoms with van der Waals surface area (Å²) in [5.74, 6) is -0.907. The van der Waals surface area contributed by atoms with Gasteiger partial charge in [-0.25, -0.2) is 4.79 Å². The Labute approximate surface area is 145 Å². The molecule has 0 amide bonds. The van der Waals surface area contributed by atoms with Gasteiger partial charge in [-0.15, -0.1) is 0 Å². The molecular formula is C20H26O3Si. The summed E-state index contributed by atoms with van der Waals surface area (Å²) in [7, 11) is -1.77. The summed E-state index contributed by atoms with van der Waals surface area (Å²) < 4.78 is 6.23. The second-order valence-corrected chi connectivity index (χ2v) is 12.4. The largest absolute Gasteiger partial charge is 0.478 e. The topological polar surface area (TPSA) is 46.5 Å². The minimum Gasteiger partial charge on any atom is -0.478 e. The highest BCUT2D eigenvalue weighted by Crippen LogP contribution is 2.37. The molecule has 0 unspecified atom stereocenters. The lowest BCUT2D eigenvalue weighted by Crippen LogP contribution is -2.40. The van der Waals surface area contributed by atoms with Gasteiger partial charge in [-0.3, -0.25) is 0 Å². The van der Waals surface area contributed by atoms with Crippen LogP contribution in [-0.4, -0.2) is 19.4 Å². The van der Waals surface area contributed by atoms with Crippen molar-refractivity contribution in [1.29, 1.82) is 0 Å². The van der Waals surface area contributed by atoms with Crippen LogP contribution in [0.2, 0.25) is 18.1 Å². The first-order valence-corrected chi connectivity index (χ1v) is 11.1. The first kappa shape index (κ1) is 18.4. The fraction of sp³-hybridized carbons (Fsp3) is 0.350. The van der Waals surface area contributed by atoms with Crippen LogP contribution >= 0.6 is 0 Å². The van der Waals surface area contributed by atoms with E-state index in [1.54, 1.807) is 12.1 Å². The predicted molar refractivity (Wildman–Crippen MR) is 101 cm³/mol. The van der Waals surface area contributed by atoms with Crippen molar-refractivity contribution in [3.63, 3.8) is 0 Å². The lowest BCUT2D eigenvalue weighted by molar-refractivity contribution is 0.0697. The zero-order chi connectivity index (χ0) is 18.0. The van der Waals surface area contributed by atoms with Gasteiger partial charge in [0.1, 0.15) is 0 Å². The van der Waals surface area contributed by atoms with Crippen LogP contribution in [0.5, 0.6) is 0 Å². The van der Waals surface area contributed by atoms with E-state index in [1.807, 2.05) is 36.4 Å². The first-order valence-electron chi connectivity index (χ1n) is 8.17. The summed E-state index contributed by atoms with van der Waals surface area (Å²) in [6, 6.07) is 15.0. The Morgan fingerprint density at radius 1 is 1.04 bits per heavy atom. The van der Waals surface area contributed by atoms with Gasteiger partial charge in [-0.1, -0.05) is 63.2 Å². The van der Waals surface area contributed by atoms with Crippen LogP contribution in [0.3, 0.4) is 0 Å². The quantitative estimate of drug-likeness (QED) is 0.722. The van der Waals surface area contributed by atoms with E-state index in [2.05, 4.69) is 33.9 Å². The molecule has 0 fully saturated rings. The lowest BCUT2D eigenvalue weighted by Gasteiger charge is -2.36. The van der Waals surface area contributed by atoms with Gasteiger partial charge < -0.3 is 9.53 Å². The molecule has 2 aromatic carbocycles. The molecule has 0 atom stereocenters. The number of hydrogen-bond acceptors (Lipinski definition) is 2. The van der Waals surface area contributed by atoms with Crippen molar-refractivity contribution in [1.82, 2.24) is 0 Å². The van der Waals surface area contributed by atoms with Crippen molar-refractivity contribution in [2.24, 2.45) is 0 Å². The monoisotopic (exact) mass is 342 g/mol. The van der Waals surface area contributed by atoms with Crippen LogP contribution < -0.4 is 0 Å². The number of rotatable bonds is 5. The van der Waals surface area contributed by atoms with Gasteiger partial charge in [0.25, 0.3) is 0 Å². The summed E-state index contributed by atoms with van der Waals surface area (Å²) >= 11 is 0. The number of benzene rings is 2. The maximum atomic E-state index is 11.4. The summed E-state index contributed by atoms with van der Waals surface area (Å²) in [6.45, 7) is 11.8. The average Bonchev–Trinajstić information content (AvgIpc) is 2.52. The Hall–Kier alpha value is -1.91. The first-order chi connectivity index (χ1) is 11.1. The van der Waals surface area contributed by atoms with Gasteiger partial charge in [0.15, 0.2) is 8.32 Å². The fourth-order valence-electron chi connectivity index (χ4n) is 2.18. The van der Waals surface area contributed by atoms with Gasteiger partial charge >= 0.3 is 5.97 Å². The highest BCUT2D eigenvalue weighted by atomic mass is 28.4. The molecule has 4 heteroatoms. The molecule has 2 rings (SSSR count). The highest BCUT2D eigenvalue weighted by Gasteiger charge is 2.36. The van der Waals surface area contributed by atoms with Crippen molar-refractivity contribution in [2.45, 2.75) is 45.5 Å². The van der Waals surface area contributed by atoms with E-state index in [-0.39, 0.29) is 5.04 Å². The Morgan fingerprint density at radius 2 is 1.62 bits per heavy atom. The third-order valence-corrected chi connectivity index (χ3v) is 9.31. The van der Waals surface area contributed by atoms with Crippen LogP contribution in [-0.2, 0) is 11.0 Å². The van der Waals surface area contributed by atoms with E-state index >= 15 is 0 Å². The molecule has 0 aliphatic heterocycles. The molecule has 1 N–H and O–H groups in total. The van der Waals surface area contributed by atoms with Gasteiger partial charge in [0.2, 0.25) is 0 Å². The van der Waals surface area contributed by atoms with Gasteiger partial charge in [0.05, 0.1) is 12.2 Å². The minimum atomic E-state index is -1.77. The number of carbonyl (C=O) groups is 1. The molecule has 128 valence electrons. The molecule has 0 aliphatic rings. The number of aromatic carboxylic acids is 1. The Bertz CT molecular complexity index is 712. The van der Waals surface area contributed by atoms with Crippen LogP contribution in [0.1, 0.15) is 36.7 Å². The van der Waals surface area contributed by atoms with Crippen molar-refractivity contribution in [3.8, 4) is 11.1 Å². The van der Waals surface area contributed by atoms with Crippen LogP contribution in [0.4, 0.5) is 0 Å². The summed E-state index contributed by atoms with van der Waals surface area (Å²) in [6.07, 6.45) is 0. The molecule has 0 saturated heterocycles. The van der Waals surface area contributed by atoms with E-state index in [0.717, 1.165) is 16.7 Å². The maximum absolute atomic E-state index is 11.4. The van der Waals surface area contributed by atoms with Gasteiger partial charge in [-0.2, -0.15) is 0 Å². The molecule has 0 saturated carbocycles. The van der Waals surface area contributed by atoms with Crippen molar-refractivity contribution in [3.05, 3.63) is 59.7 Å². The van der Waals surface area contributed by atoms with E-state index in [9.17, 15) is 9.90 Å². The summed E-state index contributed by atoms with van der Waals surface area (Å²) in [5.41, 5.74) is 3.07. The van der Waals surface area contributed by atoms with Crippen LogP contribution in [0.25, 0.3) is 11.1 Å². The Kier molecular flexibility index (Phi) is 5.31. The normalized spacial score (nSPS) is 12.2. The third-order valence-electron chi connectivity index (χ3n) is 4.83. The molecule has 0 spiro atoms. The minimum absolute atomic E-state index is 0.188. The SMILES string of the molecule is CC(C)(C)[Si](C)(C)OCc1ccc(-c2ccccc2C(=O)O)cc1. The van der Waals surface area contributed by atoms with E-state index < -0.39 is 14.3 Å². The van der Waals surface area contributed by atoms with E-state index in [4.69, 9.17) is 4.43 Å². The van der Waals surface area contributed by atoms with Gasteiger partial charge in [-0.05, 0) is 40.9 Å². The number of carboxylic acids is 1. The highest BCUT2D eigenvalue weighted by molar-refractivity contribution is 6.74. The fourth-order valence-corrected chi connectivity index (χ4v) is 3.14. The zero-order valence-corrected chi connectivity index (χ0v) is 16.1. The lowest BCUT2D eigenvalue weighted by atomic mass is 9.99. The molecular weight excluding hydrogens is 316 g/mol. The molecule has 3 nitrogen and oxygen atoms in total. The third kappa shape index (κ3) is 4.13. The predicted octanol–water partition coefficient (Wildman–Crippen LogP) is 5.57. The molecule has 0 bridgehead atoms. The Morgan fingerprint density at radius 3 is 2.17 bits per heavy atom.